The Morgan fingerprint density at radius 1 is 0.724 bits per heavy atom. The van der Waals surface area contributed by atoms with E-state index in [4.69, 9.17) is 0 Å². The van der Waals surface area contributed by atoms with Gasteiger partial charge < -0.3 is 4.98 Å². The van der Waals surface area contributed by atoms with Gasteiger partial charge in [0.25, 0.3) is 5.56 Å². The van der Waals surface area contributed by atoms with Crippen molar-refractivity contribution in [2.24, 2.45) is 0 Å². The highest BCUT2D eigenvalue weighted by atomic mass is 19.2. The third-order valence-corrected chi connectivity index (χ3v) is 5.01. The van der Waals surface area contributed by atoms with Crippen molar-refractivity contribution in [2.75, 3.05) is 0 Å². The average molecular weight is 384 g/mol. The van der Waals surface area contributed by atoms with Crippen LogP contribution in [0, 0.1) is 11.6 Å². The highest BCUT2D eigenvalue weighted by molar-refractivity contribution is 5.96. The van der Waals surface area contributed by atoms with Gasteiger partial charge in [-0.25, -0.2) is 13.8 Å². The molecule has 0 spiro atoms. The number of H-pyrrole nitrogens is 1. The van der Waals surface area contributed by atoms with Crippen molar-refractivity contribution >= 4 is 21.7 Å². The molecule has 0 saturated heterocycles. The lowest BCUT2D eigenvalue weighted by Gasteiger charge is -2.08. The number of hydrogen-bond donors (Lipinski definition) is 1. The number of aromatic nitrogens is 2. The van der Waals surface area contributed by atoms with E-state index in [1.807, 2.05) is 42.5 Å². The van der Waals surface area contributed by atoms with Gasteiger partial charge in [-0.05, 0) is 28.0 Å². The summed E-state index contributed by atoms with van der Waals surface area (Å²) in [5, 5.41) is 2.32. The molecular formula is C24H14F2N2O. The normalized spacial score (nSPS) is 11.2. The predicted octanol–water partition coefficient (Wildman–Crippen LogP) is 5.69. The van der Waals surface area contributed by atoms with E-state index < -0.39 is 17.2 Å². The van der Waals surface area contributed by atoms with Crippen molar-refractivity contribution in [1.29, 1.82) is 0 Å². The molecule has 5 aromatic rings. The zero-order valence-corrected chi connectivity index (χ0v) is 15.1. The minimum atomic E-state index is -1.07. The molecule has 29 heavy (non-hydrogen) atoms. The topological polar surface area (TPSA) is 45.8 Å². The zero-order valence-electron chi connectivity index (χ0n) is 15.1. The van der Waals surface area contributed by atoms with E-state index in [2.05, 4.69) is 34.2 Å². The van der Waals surface area contributed by atoms with Crippen LogP contribution in [0.5, 0.6) is 0 Å². The SMILES string of the molecule is O=c1[nH]c(-c2ccc(-c3cccc4ccccc34)cc2)nc2cc(F)c(F)cc12. The molecule has 0 fully saturated rings. The van der Waals surface area contributed by atoms with Crippen molar-refractivity contribution in [3.05, 3.63) is 101 Å². The zero-order chi connectivity index (χ0) is 20.0. The molecule has 1 aromatic heterocycles. The molecule has 0 aliphatic heterocycles. The Hall–Kier alpha value is -3.86. The van der Waals surface area contributed by atoms with Gasteiger partial charge in [0, 0.05) is 11.6 Å². The lowest BCUT2D eigenvalue weighted by molar-refractivity contribution is 0.510. The first kappa shape index (κ1) is 17.3. The lowest BCUT2D eigenvalue weighted by atomic mass is 9.97. The van der Waals surface area contributed by atoms with Gasteiger partial charge in [0.1, 0.15) is 5.82 Å². The van der Waals surface area contributed by atoms with E-state index >= 15 is 0 Å². The smallest absolute Gasteiger partial charge is 0.259 e. The van der Waals surface area contributed by atoms with Gasteiger partial charge in [-0.3, -0.25) is 4.79 Å². The van der Waals surface area contributed by atoms with Gasteiger partial charge in [0.05, 0.1) is 10.9 Å². The fraction of sp³-hybridized carbons (Fsp3) is 0. The van der Waals surface area contributed by atoms with E-state index in [0.717, 1.165) is 34.0 Å². The van der Waals surface area contributed by atoms with Gasteiger partial charge in [0.15, 0.2) is 11.6 Å². The molecule has 0 bridgehead atoms. The molecule has 5 heteroatoms. The monoisotopic (exact) mass is 384 g/mol. The van der Waals surface area contributed by atoms with Crippen LogP contribution < -0.4 is 5.56 Å². The van der Waals surface area contributed by atoms with Crippen LogP contribution in [-0.2, 0) is 0 Å². The maximum absolute atomic E-state index is 13.6. The molecule has 0 unspecified atom stereocenters. The Balaban J connectivity index is 1.60. The molecule has 1 N–H and O–H groups in total. The molecule has 1 heterocycles. The number of aromatic amines is 1. The second kappa shape index (κ2) is 6.63. The standard InChI is InChI=1S/C24H14F2N2O/c25-20-12-19-22(13-21(20)26)27-23(28-24(19)29)16-10-8-15(9-11-16)18-7-3-5-14-4-1-2-6-17(14)18/h1-13H,(H,27,28,29). The van der Waals surface area contributed by atoms with Crippen molar-refractivity contribution in [3.63, 3.8) is 0 Å². The minimum absolute atomic E-state index is 0.0139. The maximum atomic E-state index is 13.6. The van der Waals surface area contributed by atoms with Crippen LogP contribution in [0.1, 0.15) is 0 Å². The summed E-state index contributed by atoms with van der Waals surface area (Å²) >= 11 is 0. The molecule has 0 aliphatic rings. The van der Waals surface area contributed by atoms with Crippen LogP contribution in [0.3, 0.4) is 0 Å². The summed E-state index contributed by atoms with van der Waals surface area (Å²) in [5.41, 5.74) is 2.41. The number of hydrogen-bond acceptors (Lipinski definition) is 2. The minimum Gasteiger partial charge on any atom is -0.306 e. The number of nitrogens with one attached hydrogen (secondary N) is 1. The summed E-state index contributed by atoms with van der Waals surface area (Å²) in [6.07, 6.45) is 0. The molecule has 0 saturated carbocycles. The van der Waals surface area contributed by atoms with E-state index in [1.54, 1.807) is 0 Å². The third-order valence-electron chi connectivity index (χ3n) is 5.01. The summed E-state index contributed by atoms with van der Waals surface area (Å²) in [6, 6.07) is 23.7. The van der Waals surface area contributed by atoms with E-state index in [-0.39, 0.29) is 10.9 Å². The highest BCUT2D eigenvalue weighted by Crippen LogP contribution is 2.30. The van der Waals surface area contributed by atoms with Crippen LogP contribution in [0.2, 0.25) is 0 Å². The van der Waals surface area contributed by atoms with Crippen molar-refractivity contribution in [3.8, 4) is 22.5 Å². The van der Waals surface area contributed by atoms with Crippen LogP contribution in [0.15, 0.2) is 83.7 Å². The molecule has 0 aliphatic carbocycles. The largest absolute Gasteiger partial charge is 0.306 e. The molecule has 140 valence electrons. The second-order valence-electron chi connectivity index (χ2n) is 6.80. The number of nitrogens with zero attached hydrogens (tertiary/aromatic N) is 1. The molecule has 0 amide bonds. The first-order valence-corrected chi connectivity index (χ1v) is 9.08. The van der Waals surface area contributed by atoms with Gasteiger partial charge in [-0.1, -0.05) is 66.7 Å². The fourth-order valence-corrected chi connectivity index (χ4v) is 3.56. The molecule has 4 aromatic carbocycles. The van der Waals surface area contributed by atoms with Crippen LogP contribution in [0.4, 0.5) is 8.78 Å². The number of fused-ring (bicyclic) bond motifs is 2. The van der Waals surface area contributed by atoms with Crippen LogP contribution in [-0.4, -0.2) is 9.97 Å². The first-order chi connectivity index (χ1) is 14.1. The van der Waals surface area contributed by atoms with E-state index in [0.29, 0.717) is 11.4 Å². The number of rotatable bonds is 2. The Bertz CT molecular complexity index is 1430. The van der Waals surface area contributed by atoms with E-state index in [9.17, 15) is 13.6 Å². The third kappa shape index (κ3) is 2.97. The molecule has 3 nitrogen and oxygen atoms in total. The van der Waals surface area contributed by atoms with Crippen molar-refractivity contribution < 1.29 is 8.78 Å². The lowest BCUT2D eigenvalue weighted by Crippen LogP contribution is -2.10. The van der Waals surface area contributed by atoms with Gasteiger partial charge in [-0.2, -0.15) is 0 Å². The highest BCUT2D eigenvalue weighted by Gasteiger charge is 2.11. The Kier molecular flexibility index (Phi) is 3.95. The summed E-state index contributed by atoms with van der Waals surface area (Å²) < 4.78 is 27.0. The Morgan fingerprint density at radius 2 is 1.41 bits per heavy atom. The van der Waals surface area contributed by atoms with Crippen LogP contribution >= 0.6 is 0 Å². The summed E-state index contributed by atoms with van der Waals surface area (Å²) in [7, 11) is 0. The van der Waals surface area contributed by atoms with Gasteiger partial charge >= 0.3 is 0 Å². The average Bonchev–Trinajstić information content (AvgIpc) is 2.75. The van der Waals surface area contributed by atoms with Crippen molar-refractivity contribution in [1.82, 2.24) is 9.97 Å². The fourth-order valence-electron chi connectivity index (χ4n) is 3.56. The first-order valence-electron chi connectivity index (χ1n) is 9.08. The number of benzene rings is 4. The second-order valence-corrected chi connectivity index (χ2v) is 6.80. The quantitative estimate of drug-likeness (QED) is 0.425. The predicted molar refractivity (Wildman–Crippen MR) is 111 cm³/mol. The van der Waals surface area contributed by atoms with E-state index in [1.165, 1.54) is 0 Å². The molecule has 0 radical (unpaired) electrons. The number of halogens is 2. The molecular weight excluding hydrogens is 370 g/mol. The Labute approximate surface area is 164 Å². The van der Waals surface area contributed by atoms with Gasteiger partial charge in [-0.15, -0.1) is 0 Å². The summed E-state index contributed by atoms with van der Waals surface area (Å²) in [4.78, 5) is 19.2. The Morgan fingerprint density at radius 3 is 2.24 bits per heavy atom. The van der Waals surface area contributed by atoms with Crippen molar-refractivity contribution in [2.45, 2.75) is 0 Å². The van der Waals surface area contributed by atoms with Gasteiger partial charge in [0.2, 0.25) is 0 Å². The maximum Gasteiger partial charge on any atom is 0.259 e. The summed E-state index contributed by atoms with van der Waals surface area (Å²) in [6.45, 7) is 0. The molecule has 0 atom stereocenters. The molecule has 5 rings (SSSR count). The van der Waals surface area contributed by atoms with Crippen LogP contribution in [0.25, 0.3) is 44.2 Å². The summed E-state index contributed by atoms with van der Waals surface area (Å²) in [5.74, 6) is -1.80.